The Balaban J connectivity index is 1.73. The first-order chi connectivity index (χ1) is 15.8. The molecule has 3 rings (SSSR count). The van der Waals surface area contributed by atoms with Crippen LogP contribution >= 0.6 is 0 Å². The molecule has 9 heteroatoms. The Kier molecular flexibility index (Phi) is 8.21. The number of nitrogens with one attached hydrogen (secondary N) is 4. The van der Waals surface area contributed by atoms with Gasteiger partial charge in [0.1, 0.15) is 18.3 Å². The van der Waals surface area contributed by atoms with E-state index in [1.807, 2.05) is 38.1 Å². The lowest BCUT2D eigenvalue weighted by Crippen LogP contribution is -2.53. The molecule has 2 aromatic rings. The van der Waals surface area contributed by atoms with Crippen LogP contribution in [0.1, 0.15) is 43.6 Å². The molecule has 178 valence electrons. The first-order valence-electron chi connectivity index (χ1n) is 11.3. The molecule has 1 unspecified atom stereocenters. The van der Waals surface area contributed by atoms with Crippen molar-refractivity contribution >= 4 is 34.4 Å². The van der Waals surface area contributed by atoms with Gasteiger partial charge in [0.2, 0.25) is 11.8 Å². The summed E-state index contributed by atoms with van der Waals surface area (Å²) in [6.45, 7) is 4.28. The number of rotatable bonds is 11. The first kappa shape index (κ1) is 24.4. The van der Waals surface area contributed by atoms with Crippen molar-refractivity contribution < 1.29 is 23.9 Å². The minimum atomic E-state index is -0.869. The van der Waals surface area contributed by atoms with Crippen molar-refractivity contribution in [3.63, 3.8) is 0 Å². The van der Waals surface area contributed by atoms with Crippen molar-refractivity contribution in [2.45, 2.75) is 45.2 Å². The second kappa shape index (κ2) is 11.1. The number of benzene rings is 1. The summed E-state index contributed by atoms with van der Waals surface area (Å²) in [7, 11) is 1.40. The van der Waals surface area contributed by atoms with Crippen molar-refractivity contribution in [2.24, 2.45) is 11.8 Å². The number of methoxy groups -OCH3 is 1. The van der Waals surface area contributed by atoms with Gasteiger partial charge in [0.15, 0.2) is 5.78 Å². The summed E-state index contributed by atoms with van der Waals surface area (Å²) in [5.41, 5.74) is 1.18. The number of ether oxygens (including phenoxy) is 1. The van der Waals surface area contributed by atoms with E-state index < -0.39 is 23.9 Å². The van der Waals surface area contributed by atoms with E-state index in [4.69, 9.17) is 4.74 Å². The van der Waals surface area contributed by atoms with Gasteiger partial charge in [0.25, 0.3) is 5.91 Å². The Morgan fingerprint density at radius 3 is 2.55 bits per heavy atom. The number of H-pyrrole nitrogens is 1. The highest BCUT2D eigenvalue weighted by Gasteiger charge is 2.33. The number of ketones is 1. The number of fused-ring (bicyclic) bond motifs is 1. The summed E-state index contributed by atoms with van der Waals surface area (Å²) in [4.78, 5) is 53.7. The lowest BCUT2D eigenvalue weighted by molar-refractivity contribution is -0.132. The summed E-state index contributed by atoms with van der Waals surface area (Å²) in [6.07, 6.45) is 1.20. The second-order valence-corrected chi connectivity index (χ2v) is 8.90. The van der Waals surface area contributed by atoms with Gasteiger partial charge in [-0.15, -0.1) is 0 Å². The minimum absolute atomic E-state index is 0.120. The van der Waals surface area contributed by atoms with E-state index in [1.165, 1.54) is 7.11 Å². The normalized spacial score (nSPS) is 17.6. The van der Waals surface area contributed by atoms with E-state index >= 15 is 0 Å². The molecule has 1 saturated heterocycles. The van der Waals surface area contributed by atoms with Crippen LogP contribution in [0.25, 0.3) is 10.9 Å². The molecule has 4 N–H and O–H groups in total. The third kappa shape index (κ3) is 6.41. The summed E-state index contributed by atoms with van der Waals surface area (Å²) in [6, 6.07) is 7.55. The fraction of sp³-hybridized carbons (Fsp3) is 0.500. The van der Waals surface area contributed by atoms with E-state index in [1.54, 1.807) is 6.07 Å². The van der Waals surface area contributed by atoms with Gasteiger partial charge in [-0.05, 0) is 37.3 Å². The monoisotopic (exact) mass is 456 g/mol. The Labute approximate surface area is 193 Å². The summed E-state index contributed by atoms with van der Waals surface area (Å²) >= 11 is 0. The van der Waals surface area contributed by atoms with Crippen LogP contribution in [0.15, 0.2) is 30.3 Å². The number of amides is 3. The van der Waals surface area contributed by atoms with Crippen LogP contribution in [0.3, 0.4) is 0 Å². The fourth-order valence-electron chi connectivity index (χ4n) is 4.08. The van der Waals surface area contributed by atoms with Gasteiger partial charge < -0.3 is 25.7 Å². The van der Waals surface area contributed by atoms with Crippen LogP contribution in [-0.4, -0.2) is 60.8 Å². The highest BCUT2D eigenvalue weighted by atomic mass is 16.5. The number of hydrogen-bond acceptors (Lipinski definition) is 5. The van der Waals surface area contributed by atoms with Crippen molar-refractivity contribution in [3.05, 3.63) is 36.0 Å². The number of carbonyl (C=O) groups excluding carboxylic acids is 4. The molecule has 0 aliphatic carbocycles. The Bertz CT molecular complexity index is 982. The van der Waals surface area contributed by atoms with Gasteiger partial charge in [0, 0.05) is 30.5 Å². The molecule has 3 amide bonds. The summed E-state index contributed by atoms with van der Waals surface area (Å²) in [5.74, 6) is -1.51. The molecule has 2 heterocycles. The van der Waals surface area contributed by atoms with Gasteiger partial charge in [0.05, 0.1) is 6.04 Å². The van der Waals surface area contributed by atoms with Crippen molar-refractivity contribution in [1.82, 2.24) is 20.9 Å². The van der Waals surface area contributed by atoms with E-state index in [0.29, 0.717) is 25.1 Å². The average molecular weight is 457 g/mol. The molecule has 0 saturated carbocycles. The number of hydrogen-bond donors (Lipinski definition) is 4. The largest absolute Gasteiger partial charge is 0.377 e. The summed E-state index contributed by atoms with van der Waals surface area (Å²) < 4.78 is 4.96. The van der Waals surface area contributed by atoms with Crippen LogP contribution in [0, 0.1) is 11.8 Å². The van der Waals surface area contributed by atoms with Crippen LogP contribution in [0.2, 0.25) is 0 Å². The van der Waals surface area contributed by atoms with Crippen LogP contribution in [-0.2, 0) is 19.1 Å². The molecule has 33 heavy (non-hydrogen) atoms. The SMILES string of the molecule is COCC(=O)C(C[C@@H]1CCNC1=O)NC(=O)[C@H](CC(C)C)NC(=O)c1cc2ccccc2[nH]1. The topological polar surface area (TPSA) is 129 Å². The highest BCUT2D eigenvalue weighted by Crippen LogP contribution is 2.18. The van der Waals surface area contributed by atoms with Crippen LogP contribution < -0.4 is 16.0 Å². The third-order valence-electron chi connectivity index (χ3n) is 5.78. The predicted molar refractivity (Wildman–Crippen MR) is 124 cm³/mol. The number of aromatic nitrogens is 1. The molecule has 0 radical (unpaired) electrons. The standard InChI is InChI=1S/C24H32N4O5/c1-14(2)10-19(28-24(32)20-11-15-6-4-5-7-17(15)26-20)23(31)27-18(21(29)13-33-3)12-16-8-9-25-22(16)30/h4-7,11,14,16,18-19,26H,8-10,12-13H2,1-3H3,(H,25,30)(H,27,31)(H,28,32)/t16-,18?,19-/m0/s1. The minimum Gasteiger partial charge on any atom is -0.377 e. The third-order valence-corrected chi connectivity index (χ3v) is 5.78. The number of aromatic amines is 1. The van der Waals surface area contributed by atoms with Gasteiger partial charge in [-0.1, -0.05) is 32.0 Å². The number of para-hydroxylation sites is 1. The van der Waals surface area contributed by atoms with Gasteiger partial charge in [-0.3, -0.25) is 19.2 Å². The molecule has 1 aromatic carbocycles. The number of carbonyl (C=O) groups is 4. The zero-order valence-electron chi connectivity index (χ0n) is 19.3. The Morgan fingerprint density at radius 1 is 1.15 bits per heavy atom. The molecule has 1 aliphatic rings. The Morgan fingerprint density at radius 2 is 1.91 bits per heavy atom. The lowest BCUT2D eigenvalue weighted by atomic mass is 9.95. The lowest BCUT2D eigenvalue weighted by Gasteiger charge is -2.25. The molecule has 0 bridgehead atoms. The molecule has 1 aromatic heterocycles. The molecular formula is C24H32N4O5. The Hall–Kier alpha value is -3.20. The maximum absolute atomic E-state index is 13.2. The predicted octanol–water partition coefficient (Wildman–Crippen LogP) is 1.54. The zero-order valence-corrected chi connectivity index (χ0v) is 19.3. The number of Topliss-reactive ketones (excluding diaryl/α,β-unsaturated/α-hetero) is 1. The maximum Gasteiger partial charge on any atom is 0.268 e. The maximum atomic E-state index is 13.2. The van der Waals surface area contributed by atoms with Crippen molar-refractivity contribution in [3.8, 4) is 0 Å². The molecule has 1 aliphatic heterocycles. The van der Waals surface area contributed by atoms with Gasteiger partial charge in [-0.2, -0.15) is 0 Å². The first-order valence-corrected chi connectivity index (χ1v) is 11.3. The highest BCUT2D eigenvalue weighted by molar-refractivity contribution is 6.00. The smallest absolute Gasteiger partial charge is 0.268 e. The van der Waals surface area contributed by atoms with Gasteiger partial charge >= 0.3 is 0 Å². The van der Waals surface area contributed by atoms with Crippen molar-refractivity contribution in [2.75, 3.05) is 20.3 Å². The molecule has 1 fully saturated rings. The molecular weight excluding hydrogens is 424 g/mol. The summed E-state index contributed by atoms with van der Waals surface area (Å²) in [5, 5.41) is 9.21. The fourth-order valence-corrected chi connectivity index (χ4v) is 4.08. The zero-order chi connectivity index (χ0) is 24.0. The molecule has 0 spiro atoms. The quantitative estimate of drug-likeness (QED) is 0.408. The van der Waals surface area contributed by atoms with E-state index in [0.717, 1.165) is 10.9 Å². The van der Waals surface area contributed by atoms with Gasteiger partial charge in [-0.25, -0.2) is 0 Å². The van der Waals surface area contributed by atoms with E-state index in [9.17, 15) is 19.2 Å². The van der Waals surface area contributed by atoms with Crippen molar-refractivity contribution in [1.29, 1.82) is 0 Å². The van der Waals surface area contributed by atoms with E-state index in [2.05, 4.69) is 20.9 Å². The molecule has 3 atom stereocenters. The van der Waals surface area contributed by atoms with Crippen LogP contribution in [0.4, 0.5) is 0 Å². The average Bonchev–Trinajstić information content (AvgIpc) is 3.38. The van der Waals surface area contributed by atoms with Crippen LogP contribution in [0.5, 0.6) is 0 Å². The second-order valence-electron chi connectivity index (χ2n) is 8.90. The molecule has 9 nitrogen and oxygen atoms in total. The van der Waals surface area contributed by atoms with E-state index in [-0.39, 0.29) is 36.6 Å².